The molecule has 2 atom stereocenters. The van der Waals surface area contributed by atoms with Crippen molar-refractivity contribution in [3.05, 3.63) is 22.5 Å². The number of nitrogens with one attached hydrogen (secondary N) is 1. The van der Waals surface area contributed by atoms with Gasteiger partial charge in [0.1, 0.15) is 18.2 Å². The first-order valence-electron chi connectivity index (χ1n) is 6.44. The largest absolute Gasteiger partial charge is 0.354 e. The Morgan fingerprint density at radius 1 is 1.39 bits per heavy atom. The van der Waals surface area contributed by atoms with Gasteiger partial charge in [-0.05, 0) is 12.3 Å². The van der Waals surface area contributed by atoms with Crippen molar-refractivity contribution >= 4 is 5.82 Å². The summed E-state index contributed by atoms with van der Waals surface area (Å²) in [4.78, 5) is 21.9. The smallest absolute Gasteiger partial charge is 0.135 e. The van der Waals surface area contributed by atoms with E-state index in [9.17, 15) is 4.91 Å². The zero-order chi connectivity index (χ0) is 12.5. The quantitative estimate of drug-likeness (QED) is 0.795. The van der Waals surface area contributed by atoms with Crippen LogP contribution in [0.15, 0.2) is 11.5 Å². The standard InChI is InChI=1S/C12H17N5O/c1-8-6-9(16-18)11-10(8)12(15-7-14-11)17-4-2-13-3-5-17/h7-9,13H,2-6H2,1H3/t8-,9?/m1/s1. The summed E-state index contributed by atoms with van der Waals surface area (Å²) in [5.41, 5.74) is 1.96. The molecule has 1 aromatic heterocycles. The van der Waals surface area contributed by atoms with Gasteiger partial charge in [-0.25, -0.2) is 9.97 Å². The summed E-state index contributed by atoms with van der Waals surface area (Å²) in [6, 6.07) is -0.292. The number of aromatic nitrogens is 2. The molecule has 1 aromatic rings. The van der Waals surface area contributed by atoms with Gasteiger partial charge in [-0.1, -0.05) is 12.1 Å². The predicted molar refractivity (Wildman–Crippen MR) is 68.7 cm³/mol. The Balaban J connectivity index is 2.01. The van der Waals surface area contributed by atoms with E-state index in [4.69, 9.17) is 0 Å². The lowest BCUT2D eigenvalue weighted by Crippen LogP contribution is -2.44. The van der Waals surface area contributed by atoms with Gasteiger partial charge in [0.2, 0.25) is 0 Å². The molecule has 0 saturated carbocycles. The number of nitroso groups, excluding NO2 is 1. The Bertz CT molecular complexity index is 458. The number of nitrogens with zero attached hydrogens (tertiary/aromatic N) is 4. The number of piperazine rings is 1. The molecule has 1 N–H and O–H groups in total. The Labute approximate surface area is 106 Å². The Morgan fingerprint density at radius 3 is 2.89 bits per heavy atom. The molecule has 1 aliphatic carbocycles. The first-order chi connectivity index (χ1) is 8.81. The average Bonchev–Trinajstić information content (AvgIpc) is 2.77. The Hall–Kier alpha value is -1.56. The average molecular weight is 247 g/mol. The summed E-state index contributed by atoms with van der Waals surface area (Å²) in [5, 5.41) is 6.52. The third-order valence-electron chi connectivity index (χ3n) is 3.82. The monoisotopic (exact) mass is 247 g/mol. The van der Waals surface area contributed by atoms with E-state index in [-0.39, 0.29) is 6.04 Å². The molecule has 0 bridgehead atoms. The van der Waals surface area contributed by atoms with Crippen LogP contribution in [-0.4, -0.2) is 36.1 Å². The highest BCUT2D eigenvalue weighted by Gasteiger charge is 2.34. The van der Waals surface area contributed by atoms with E-state index in [2.05, 4.69) is 32.3 Å². The first kappa shape index (κ1) is 11.5. The highest BCUT2D eigenvalue weighted by molar-refractivity contribution is 5.54. The van der Waals surface area contributed by atoms with Crippen molar-refractivity contribution in [1.29, 1.82) is 0 Å². The van der Waals surface area contributed by atoms with Crippen LogP contribution in [0.4, 0.5) is 5.82 Å². The van der Waals surface area contributed by atoms with Crippen LogP contribution >= 0.6 is 0 Å². The second-order valence-electron chi connectivity index (χ2n) is 4.99. The minimum absolute atomic E-state index is 0.292. The van der Waals surface area contributed by atoms with Crippen molar-refractivity contribution in [1.82, 2.24) is 15.3 Å². The molecule has 1 aliphatic heterocycles. The van der Waals surface area contributed by atoms with Gasteiger partial charge in [0, 0.05) is 31.7 Å². The maximum absolute atomic E-state index is 10.9. The molecule has 6 heteroatoms. The molecule has 2 aliphatic rings. The van der Waals surface area contributed by atoms with Gasteiger partial charge in [-0.3, -0.25) is 0 Å². The fourth-order valence-corrected chi connectivity index (χ4v) is 2.92. The van der Waals surface area contributed by atoms with Crippen LogP contribution in [-0.2, 0) is 0 Å². The van der Waals surface area contributed by atoms with Crippen molar-refractivity contribution in [3.8, 4) is 0 Å². The van der Waals surface area contributed by atoms with Crippen molar-refractivity contribution in [2.45, 2.75) is 25.3 Å². The van der Waals surface area contributed by atoms with E-state index in [0.29, 0.717) is 5.92 Å². The second-order valence-corrected chi connectivity index (χ2v) is 4.99. The van der Waals surface area contributed by atoms with Crippen molar-refractivity contribution in [3.63, 3.8) is 0 Å². The molecule has 96 valence electrons. The number of hydrogen-bond donors (Lipinski definition) is 1. The van der Waals surface area contributed by atoms with Crippen molar-refractivity contribution in [2.75, 3.05) is 31.1 Å². The van der Waals surface area contributed by atoms with E-state index in [0.717, 1.165) is 49.7 Å². The molecule has 1 fully saturated rings. The SMILES string of the molecule is C[C@@H]1CC(N=O)c2ncnc(N3CCNCC3)c21. The van der Waals surface area contributed by atoms with E-state index in [1.807, 2.05) is 0 Å². The van der Waals surface area contributed by atoms with Crippen molar-refractivity contribution < 1.29 is 0 Å². The first-order valence-corrected chi connectivity index (χ1v) is 6.44. The number of anilines is 1. The summed E-state index contributed by atoms with van der Waals surface area (Å²) < 4.78 is 0. The fraction of sp³-hybridized carbons (Fsp3) is 0.667. The fourth-order valence-electron chi connectivity index (χ4n) is 2.92. The van der Waals surface area contributed by atoms with Crippen LogP contribution in [0, 0.1) is 4.91 Å². The van der Waals surface area contributed by atoms with Crippen LogP contribution in [0.5, 0.6) is 0 Å². The van der Waals surface area contributed by atoms with E-state index < -0.39 is 0 Å². The van der Waals surface area contributed by atoms with Gasteiger partial charge in [-0.2, -0.15) is 4.91 Å². The molecule has 0 aromatic carbocycles. The zero-order valence-corrected chi connectivity index (χ0v) is 10.5. The number of rotatable bonds is 2. The van der Waals surface area contributed by atoms with E-state index in [1.54, 1.807) is 6.33 Å². The van der Waals surface area contributed by atoms with Crippen LogP contribution in [0.1, 0.15) is 36.6 Å². The van der Waals surface area contributed by atoms with Crippen LogP contribution in [0.25, 0.3) is 0 Å². The maximum atomic E-state index is 10.9. The summed E-state index contributed by atoms with van der Waals surface area (Å²) in [5.74, 6) is 1.31. The molecule has 1 saturated heterocycles. The molecular weight excluding hydrogens is 230 g/mol. The lowest BCUT2D eigenvalue weighted by Gasteiger charge is -2.30. The summed E-state index contributed by atoms with van der Waals surface area (Å²) in [7, 11) is 0. The molecular formula is C12H17N5O. The molecule has 2 heterocycles. The topological polar surface area (TPSA) is 70.5 Å². The molecule has 0 spiro atoms. The normalized spacial score (nSPS) is 27.1. The van der Waals surface area contributed by atoms with Gasteiger partial charge >= 0.3 is 0 Å². The van der Waals surface area contributed by atoms with Gasteiger partial charge < -0.3 is 10.2 Å². The number of hydrogen-bond acceptors (Lipinski definition) is 6. The van der Waals surface area contributed by atoms with Crippen molar-refractivity contribution in [2.24, 2.45) is 5.18 Å². The van der Waals surface area contributed by atoms with Crippen LogP contribution in [0.3, 0.4) is 0 Å². The van der Waals surface area contributed by atoms with Crippen LogP contribution in [0.2, 0.25) is 0 Å². The molecule has 0 radical (unpaired) electrons. The summed E-state index contributed by atoms with van der Waals surface area (Å²) >= 11 is 0. The second kappa shape index (κ2) is 4.61. The molecule has 1 unspecified atom stereocenters. The third kappa shape index (κ3) is 1.77. The van der Waals surface area contributed by atoms with Gasteiger partial charge in [0.25, 0.3) is 0 Å². The molecule has 18 heavy (non-hydrogen) atoms. The highest BCUT2D eigenvalue weighted by Crippen LogP contribution is 2.44. The van der Waals surface area contributed by atoms with Gasteiger partial charge in [-0.15, -0.1) is 0 Å². The molecule has 6 nitrogen and oxygen atoms in total. The van der Waals surface area contributed by atoms with Gasteiger partial charge in [0.05, 0.1) is 5.69 Å². The predicted octanol–water partition coefficient (Wildman–Crippen LogP) is 1.20. The lowest BCUT2D eigenvalue weighted by molar-refractivity contribution is 0.580. The summed E-state index contributed by atoms with van der Waals surface area (Å²) in [6.07, 6.45) is 2.32. The minimum Gasteiger partial charge on any atom is -0.354 e. The Morgan fingerprint density at radius 2 is 2.17 bits per heavy atom. The molecule has 3 rings (SSSR count). The molecule has 0 amide bonds. The van der Waals surface area contributed by atoms with Gasteiger partial charge in [0.15, 0.2) is 0 Å². The van der Waals surface area contributed by atoms with Crippen LogP contribution < -0.4 is 10.2 Å². The maximum Gasteiger partial charge on any atom is 0.135 e. The number of fused-ring (bicyclic) bond motifs is 1. The minimum atomic E-state index is -0.292. The van der Waals surface area contributed by atoms with E-state index >= 15 is 0 Å². The lowest BCUT2D eigenvalue weighted by atomic mass is 10.1. The summed E-state index contributed by atoms with van der Waals surface area (Å²) in [6.45, 7) is 5.98. The Kier molecular flexibility index (Phi) is 2.95. The zero-order valence-electron chi connectivity index (χ0n) is 10.5. The third-order valence-corrected chi connectivity index (χ3v) is 3.82. The van der Waals surface area contributed by atoms with E-state index in [1.165, 1.54) is 0 Å². The highest BCUT2D eigenvalue weighted by atomic mass is 16.3.